The molecule has 2 aliphatic rings. The highest BCUT2D eigenvalue weighted by Crippen LogP contribution is 2.32. The van der Waals surface area contributed by atoms with Crippen LogP contribution in [0, 0.1) is 0 Å². The van der Waals surface area contributed by atoms with Gasteiger partial charge < -0.3 is 15.0 Å². The average molecular weight is 331 g/mol. The van der Waals surface area contributed by atoms with E-state index in [1.54, 1.807) is 4.90 Å². The first-order valence-corrected chi connectivity index (χ1v) is 8.68. The molecular formula is C18H25N3O3. The second-order valence-corrected chi connectivity index (χ2v) is 6.30. The Morgan fingerprint density at radius 1 is 1.29 bits per heavy atom. The molecule has 0 aliphatic carbocycles. The van der Waals surface area contributed by atoms with Crippen molar-refractivity contribution in [2.75, 3.05) is 39.3 Å². The molecule has 1 aromatic rings. The third kappa shape index (κ3) is 3.87. The van der Waals surface area contributed by atoms with Crippen LogP contribution < -0.4 is 10.1 Å². The molecule has 2 aliphatic heterocycles. The molecule has 0 spiro atoms. The maximum absolute atomic E-state index is 12.5. The average Bonchev–Trinajstić information content (AvgIpc) is 3.04. The van der Waals surface area contributed by atoms with Gasteiger partial charge in [0.2, 0.25) is 11.8 Å². The van der Waals surface area contributed by atoms with E-state index in [4.69, 9.17) is 4.74 Å². The van der Waals surface area contributed by atoms with E-state index in [1.165, 1.54) is 5.56 Å². The van der Waals surface area contributed by atoms with Crippen LogP contribution in [0.5, 0.6) is 5.75 Å². The minimum Gasteiger partial charge on any atom is -0.494 e. The highest BCUT2D eigenvalue weighted by Gasteiger charge is 2.30. The molecule has 130 valence electrons. The van der Waals surface area contributed by atoms with E-state index in [2.05, 4.69) is 22.3 Å². The summed E-state index contributed by atoms with van der Waals surface area (Å²) in [5.74, 6) is 0.850. The molecule has 1 aromatic carbocycles. The van der Waals surface area contributed by atoms with Gasteiger partial charge in [0, 0.05) is 19.1 Å². The fourth-order valence-corrected chi connectivity index (χ4v) is 3.47. The standard InChI is InChI=1S/C18H25N3O3/c1-2-24-15-7-5-14(6-8-15)16-4-3-10-20(16)13-18(23)21-11-9-19-17(22)12-21/h5-8,16H,2-4,9-13H2,1H3,(H,19,22). The quantitative estimate of drug-likeness (QED) is 0.880. The SMILES string of the molecule is CCOc1ccc(C2CCCN2CC(=O)N2CCNC(=O)C2)cc1. The van der Waals surface area contributed by atoms with E-state index in [-0.39, 0.29) is 24.4 Å². The largest absolute Gasteiger partial charge is 0.494 e. The zero-order valence-electron chi connectivity index (χ0n) is 14.2. The fourth-order valence-electron chi connectivity index (χ4n) is 3.47. The topological polar surface area (TPSA) is 61.9 Å². The van der Waals surface area contributed by atoms with E-state index < -0.39 is 0 Å². The summed E-state index contributed by atoms with van der Waals surface area (Å²) in [7, 11) is 0. The highest BCUT2D eigenvalue weighted by molar-refractivity contribution is 5.86. The maximum Gasteiger partial charge on any atom is 0.239 e. The smallest absolute Gasteiger partial charge is 0.239 e. The molecule has 1 unspecified atom stereocenters. The second kappa shape index (κ2) is 7.66. The minimum absolute atomic E-state index is 0.0442. The van der Waals surface area contributed by atoms with Gasteiger partial charge in [-0.3, -0.25) is 14.5 Å². The Labute approximate surface area is 142 Å². The van der Waals surface area contributed by atoms with E-state index in [1.807, 2.05) is 19.1 Å². The summed E-state index contributed by atoms with van der Waals surface area (Å²) in [4.78, 5) is 27.8. The molecule has 1 N–H and O–H groups in total. The number of carbonyl (C=O) groups excluding carboxylic acids is 2. The number of amides is 2. The van der Waals surface area contributed by atoms with Gasteiger partial charge in [-0.1, -0.05) is 12.1 Å². The highest BCUT2D eigenvalue weighted by atomic mass is 16.5. The van der Waals surface area contributed by atoms with Gasteiger partial charge in [0.15, 0.2) is 0 Å². The summed E-state index contributed by atoms with van der Waals surface area (Å²) in [5.41, 5.74) is 1.22. The zero-order chi connectivity index (χ0) is 16.9. The molecule has 2 heterocycles. The van der Waals surface area contributed by atoms with E-state index in [0.717, 1.165) is 25.1 Å². The first kappa shape index (κ1) is 16.8. The van der Waals surface area contributed by atoms with Gasteiger partial charge in [0.25, 0.3) is 0 Å². The number of rotatable bonds is 5. The normalized spacial score (nSPS) is 21.6. The third-order valence-corrected chi connectivity index (χ3v) is 4.67. The molecule has 0 radical (unpaired) electrons. The number of nitrogens with one attached hydrogen (secondary N) is 1. The lowest BCUT2D eigenvalue weighted by Gasteiger charge is -2.30. The Morgan fingerprint density at radius 3 is 2.79 bits per heavy atom. The van der Waals surface area contributed by atoms with Crippen molar-refractivity contribution >= 4 is 11.8 Å². The van der Waals surface area contributed by atoms with Crippen molar-refractivity contribution in [3.05, 3.63) is 29.8 Å². The van der Waals surface area contributed by atoms with Crippen molar-refractivity contribution in [1.82, 2.24) is 15.1 Å². The number of ether oxygens (including phenoxy) is 1. The molecule has 24 heavy (non-hydrogen) atoms. The number of piperazine rings is 1. The Morgan fingerprint density at radius 2 is 2.08 bits per heavy atom. The molecule has 6 nitrogen and oxygen atoms in total. The van der Waals surface area contributed by atoms with Crippen LogP contribution in [0.4, 0.5) is 0 Å². The van der Waals surface area contributed by atoms with Gasteiger partial charge in [-0.25, -0.2) is 0 Å². The first-order valence-electron chi connectivity index (χ1n) is 8.68. The van der Waals surface area contributed by atoms with Gasteiger partial charge in [-0.2, -0.15) is 0 Å². The molecule has 2 amide bonds. The lowest BCUT2D eigenvalue weighted by Crippen LogP contribution is -2.52. The third-order valence-electron chi connectivity index (χ3n) is 4.67. The Balaban J connectivity index is 1.62. The number of carbonyl (C=O) groups is 2. The predicted molar refractivity (Wildman–Crippen MR) is 90.7 cm³/mol. The first-order chi connectivity index (χ1) is 11.7. The molecule has 1 atom stereocenters. The summed E-state index contributed by atoms with van der Waals surface area (Å²) < 4.78 is 5.49. The van der Waals surface area contributed by atoms with Crippen LogP contribution in [-0.4, -0.2) is 60.9 Å². The van der Waals surface area contributed by atoms with Crippen LogP contribution in [-0.2, 0) is 9.59 Å². The van der Waals surface area contributed by atoms with Gasteiger partial charge in [0.1, 0.15) is 5.75 Å². The lowest BCUT2D eigenvalue weighted by atomic mass is 10.0. The van der Waals surface area contributed by atoms with E-state index in [0.29, 0.717) is 26.2 Å². The van der Waals surface area contributed by atoms with Crippen LogP contribution in [0.1, 0.15) is 31.4 Å². The van der Waals surface area contributed by atoms with Gasteiger partial charge >= 0.3 is 0 Å². The molecule has 6 heteroatoms. The van der Waals surface area contributed by atoms with Crippen molar-refractivity contribution in [3.63, 3.8) is 0 Å². The number of hydrogen-bond acceptors (Lipinski definition) is 4. The summed E-state index contributed by atoms with van der Waals surface area (Å²) in [5, 5.41) is 2.75. The van der Waals surface area contributed by atoms with E-state index >= 15 is 0 Å². The molecular weight excluding hydrogens is 306 g/mol. The summed E-state index contributed by atoms with van der Waals surface area (Å²) in [6, 6.07) is 8.43. The minimum atomic E-state index is -0.0703. The summed E-state index contributed by atoms with van der Waals surface area (Å²) in [6.07, 6.45) is 2.15. The lowest BCUT2D eigenvalue weighted by molar-refractivity contribution is -0.139. The second-order valence-electron chi connectivity index (χ2n) is 6.30. The van der Waals surface area contributed by atoms with Crippen molar-refractivity contribution in [2.24, 2.45) is 0 Å². The van der Waals surface area contributed by atoms with Crippen molar-refractivity contribution < 1.29 is 14.3 Å². The molecule has 0 aromatic heterocycles. The molecule has 2 fully saturated rings. The number of likely N-dealkylation sites (tertiary alicyclic amines) is 1. The maximum atomic E-state index is 12.5. The number of nitrogens with zero attached hydrogens (tertiary/aromatic N) is 2. The predicted octanol–water partition coefficient (Wildman–Crippen LogP) is 1.18. The van der Waals surface area contributed by atoms with Crippen LogP contribution >= 0.6 is 0 Å². The Kier molecular flexibility index (Phi) is 5.35. The van der Waals surface area contributed by atoms with Crippen LogP contribution in [0.25, 0.3) is 0 Å². The monoisotopic (exact) mass is 331 g/mol. The van der Waals surface area contributed by atoms with Gasteiger partial charge in [0.05, 0.1) is 19.7 Å². The van der Waals surface area contributed by atoms with E-state index in [9.17, 15) is 9.59 Å². The Bertz CT molecular complexity index is 588. The number of benzene rings is 1. The van der Waals surface area contributed by atoms with Crippen molar-refractivity contribution in [3.8, 4) is 5.75 Å². The van der Waals surface area contributed by atoms with Crippen LogP contribution in [0.2, 0.25) is 0 Å². The fraction of sp³-hybridized carbons (Fsp3) is 0.556. The molecule has 0 bridgehead atoms. The molecule has 2 saturated heterocycles. The number of hydrogen-bond donors (Lipinski definition) is 1. The molecule has 0 saturated carbocycles. The summed E-state index contributed by atoms with van der Waals surface area (Å²) >= 11 is 0. The van der Waals surface area contributed by atoms with Gasteiger partial charge in [-0.15, -0.1) is 0 Å². The molecule has 3 rings (SSSR count). The van der Waals surface area contributed by atoms with Crippen molar-refractivity contribution in [2.45, 2.75) is 25.8 Å². The summed E-state index contributed by atoms with van der Waals surface area (Å²) in [6.45, 7) is 5.26. The van der Waals surface area contributed by atoms with Crippen molar-refractivity contribution in [1.29, 1.82) is 0 Å². The van der Waals surface area contributed by atoms with Crippen LogP contribution in [0.3, 0.4) is 0 Å². The van der Waals surface area contributed by atoms with Crippen LogP contribution in [0.15, 0.2) is 24.3 Å². The Hall–Kier alpha value is -2.08. The zero-order valence-corrected chi connectivity index (χ0v) is 14.2. The van der Waals surface area contributed by atoms with Gasteiger partial charge in [-0.05, 0) is 44.0 Å².